The second-order valence-corrected chi connectivity index (χ2v) is 7.01. The summed E-state index contributed by atoms with van der Waals surface area (Å²) in [4.78, 5) is 11.0. The zero-order valence-electron chi connectivity index (χ0n) is 15.2. The number of pyridine rings is 1. The predicted molar refractivity (Wildman–Crippen MR) is 102 cm³/mol. The van der Waals surface area contributed by atoms with Crippen molar-refractivity contribution in [2.24, 2.45) is 0 Å². The standard InChI is InChI=1S/C21H24N4O/c1-24(14-16-6-7-21(23-13-16)25-9-8-22-15-25)19-10-18(11-19)17-4-3-5-20(12-17)26-2/h3-9,12-13,15,18-19H,10-11,14H2,1-2H3. The topological polar surface area (TPSA) is 43.2 Å². The molecule has 1 aromatic carbocycles. The van der Waals surface area contributed by atoms with Gasteiger partial charge in [-0.15, -0.1) is 0 Å². The lowest BCUT2D eigenvalue weighted by Crippen LogP contribution is -2.41. The summed E-state index contributed by atoms with van der Waals surface area (Å²) in [5, 5.41) is 0. The smallest absolute Gasteiger partial charge is 0.137 e. The van der Waals surface area contributed by atoms with Gasteiger partial charge in [-0.1, -0.05) is 18.2 Å². The van der Waals surface area contributed by atoms with E-state index >= 15 is 0 Å². The van der Waals surface area contributed by atoms with Crippen molar-refractivity contribution in [2.75, 3.05) is 14.2 Å². The van der Waals surface area contributed by atoms with Crippen molar-refractivity contribution in [3.05, 3.63) is 72.4 Å². The highest BCUT2D eigenvalue weighted by atomic mass is 16.5. The highest BCUT2D eigenvalue weighted by molar-refractivity contribution is 5.32. The number of rotatable bonds is 6. The Labute approximate surface area is 154 Å². The molecule has 1 fully saturated rings. The van der Waals surface area contributed by atoms with Crippen LogP contribution in [0.25, 0.3) is 5.82 Å². The lowest BCUT2D eigenvalue weighted by molar-refractivity contribution is 0.130. The van der Waals surface area contributed by atoms with Gasteiger partial charge in [-0.25, -0.2) is 9.97 Å². The Morgan fingerprint density at radius 1 is 1.23 bits per heavy atom. The molecule has 1 saturated carbocycles. The fraction of sp³-hybridized carbons (Fsp3) is 0.333. The number of imidazole rings is 1. The van der Waals surface area contributed by atoms with Crippen molar-refractivity contribution in [2.45, 2.75) is 31.3 Å². The summed E-state index contributed by atoms with van der Waals surface area (Å²) in [5.41, 5.74) is 2.63. The maximum atomic E-state index is 5.34. The molecular formula is C21H24N4O. The minimum Gasteiger partial charge on any atom is -0.497 e. The first-order chi connectivity index (χ1) is 12.7. The van der Waals surface area contributed by atoms with Crippen LogP contribution in [-0.2, 0) is 6.54 Å². The van der Waals surface area contributed by atoms with E-state index < -0.39 is 0 Å². The van der Waals surface area contributed by atoms with Crippen LogP contribution < -0.4 is 4.74 Å². The second-order valence-electron chi connectivity index (χ2n) is 7.01. The summed E-state index contributed by atoms with van der Waals surface area (Å²) in [6.45, 7) is 0.923. The van der Waals surface area contributed by atoms with Gasteiger partial charge in [-0.05, 0) is 55.1 Å². The van der Waals surface area contributed by atoms with E-state index in [0.29, 0.717) is 12.0 Å². The first kappa shape index (κ1) is 16.8. The van der Waals surface area contributed by atoms with Crippen LogP contribution in [0.15, 0.2) is 61.3 Å². The fourth-order valence-electron chi connectivity index (χ4n) is 3.59. The van der Waals surface area contributed by atoms with Crippen LogP contribution in [0, 0.1) is 0 Å². The Morgan fingerprint density at radius 3 is 2.81 bits per heavy atom. The zero-order chi connectivity index (χ0) is 17.9. The van der Waals surface area contributed by atoms with Crippen LogP contribution >= 0.6 is 0 Å². The number of hydrogen-bond acceptors (Lipinski definition) is 4. The molecule has 4 rings (SSSR count). The van der Waals surface area contributed by atoms with Gasteiger partial charge in [0.2, 0.25) is 0 Å². The molecular weight excluding hydrogens is 324 g/mol. The van der Waals surface area contributed by atoms with Gasteiger partial charge in [0.15, 0.2) is 0 Å². The van der Waals surface area contributed by atoms with Gasteiger partial charge in [0, 0.05) is 31.2 Å². The minimum atomic E-state index is 0.625. The maximum Gasteiger partial charge on any atom is 0.137 e. The normalized spacial score (nSPS) is 19.3. The summed E-state index contributed by atoms with van der Waals surface area (Å²) in [5.74, 6) is 2.48. The van der Waals surface area contributed by atoms with Crippen molar-refractivity contribution in [1.29, 1.82) is 0 Å². The molecule has 1 aliphatic rings. The first-order valence-electron chi connectivity index (χ1n) is 9.00. The van der Waals surface area contributed by atoms with Crippen molar-refractivity contribution < 1.29 is 4.74 Å². The third kappa shape index (κ3) is 3.48. The van der Waals surface area contributed by atoms with Crippen LogP contribution in [0.2, 0.25) is 0 Å². The van der Waals surface area contributed by atoms with Crippen LogP contribution in [-0.4, -0.2) is 39.6 Å². The predicted octanol–water partition coefficient (Wildman–Crippen LogP) is 3.65. The summed E-state index contributed by atoms with van der Waals surface area (Å²) in [6, 6.07) is 13.3. The van der Waals surface area contributed by atoms with Gasteiger partial charge in [0.25, 0.3) is 0 Å². The van der Waals surface area contributed by atoms with Gasteiger partial charge in [-0.2, -0.15) is 0 Å². The average molecular weight is 348 g/mol. The Hall–Kier alpha value is -2.66. The van der Waals surface area contributed by atoms with Crippen LogP contribution in [0.4, 0.5) is 0 Å². The molecule has 5 nitrogen and oxygen atoms in total. The second kappa shape index (κ2) is 7.30. The van der Waals surface area contributed by atoms with E-state index in [-0.39, 0.29) is 0 Å². The van der Waals surface area contributed by atoms with E-state index in [0.717, 1.165) is 18.1 Å². The molecule has 2 heterocycles. The molecule has 0 spiro atoms. The van der Waals surface area contributed by atoms with E-state index in [2.05, 4.69) is 46.2 Å². The minimum absolute atomic E-state index is 0.625. The number of aromatic nitrogens is 3. The van der Waals surface area contributed by atoms with Crippen LogP contribution in [0.5, 0.6) is 5.75 Å². The molecule has 5 heteroatoms. The Bertz CT molecular complexity index is 839. The van der Waals surface area contributed by atoms with Gasteiger partial charge in [0.1, 0.15) is 17.9 Å². The lowest BCUT2D eigenvalue weighted by atomic mass is 9.75. The quantitative estimate of drug-likeness (QED) is 0.682. The molecule has 26 heavy (non-hydrogen) atoms. The summed E-state index contributed by atoms with van der Waals surface area (Å²) < 4.78 is 7.26. The molecule has 1 aliphatic carbocycles. The van der Waals surface area contributed by atoms with Crippen molar-refractivity contribution in [1.82, 2.24) is 19.4 Å². The molecule has 2 aromatic heterocycles. The number of methoxy groups -OCH3 is 1. The summed E-state index contributed by atoms with van der Waals surface area (Å²) in [7, 11) is 3.93. The third-order valence-corrected chi connectivity index (χ3v) is 5.31. The van der Waals surface area contributed by atoms with Crippen LogP contribution in [0.1, 0.15) is 29.9 Å². The molecule has 3 aromatic rings. The molecule has 0 unspecified atom stereocenters. The molecule has 0 atom stereocenters. The fourth-order valence-corrected chi connectivity index (χ4v) is 3.59. The highest BCUT2D eigenvalue weighted by Crippen LogP contribution is 2.40. The third-order valence-electron chi connectivity index (χ3n) is 5.31. The van der Waals surface area contributed by atoms with Gasteiger partial charge >= 0.3 is 0 Å². The first-order valence-corrected chi connectivity index (χ1v) is 9.00. The monoisotopic (exact) mass is 348 g/mol. The van der Waals surface area contributed by atoms with E-state index in [4.69, 9.17) is 4.74 Å². The zero-order valence-corrected chi connectivity index (χ0v) is 15.2. The molecule has 0 bridgehead atoms. The molecule has 0 radical (unpaired) electrons. The molecule has 0 saturated heterocycles. The number of ether oxygens (including phenoxy) is 1. The van der Waals surface area contributed by atoms with E-state index in [1.165, 1.54) is 24.0 Å². The van der Waals surface area contributed by atoms with Crippen molar-refractivity contribution in [3.63, 3.8) is 0 Å². The maximum absolute atomic E-state index is 5.34. The Kier molecular flexibility index (Phi) is 4.71. The lowest BCUT2D eigenvalue weighted by Gasteiger charge is -2.41. The molecule has 0 amide bonds. The molecule has 0 N–H and O–H groups in total. The Morgan fingerprint density at radius 2 is 2.12 bits per heavy atom. The number of benzene rings is 1. The number of hydrogen-bond donors (Lipinski definition) is 0. The van der Waals surface area contributed by atoms with Gasteiger partial charge in [0.05, 0.1) is 7.11 Å². The van der Waals surface area contributed by atoms with E-state index in [1.807, 2.05) is 29.1 Å². The Balaban J connectivity index is 1.32. The SMILES string of the molecule is COc1cccc(C2CC(N(C)Cc3ccc(-n4ccnc4)nc3)C2)c1. The van der Waals surface area contributed by atoms with Crippen molar-refractivity contribution in [3.8, 4) is 11.6 Å². The molecule has 0 aliphatic heterocycles. The number of nitrogens with zero attached hydrogens (tertiary/aromatic N) is 4. The molecule has 134 valence electrons. The van der Waals surface area contributed by atoms with E-state index in [1.54, 1.807) is 19.6 Å². The van der Waals surface area contributed by atoms with Crippen molar-refractivity contribution >= 4 is 0 Å². The summed E-state index contributed by atoms with van der Waals surface area (Å²) >= 11 is 0. The van der Waals surface area contributed by atoms with Crippen LogP contribution in [0.3, 0.4) is 0 Å². The van der Waals surface area contributed by atoms with E-state index in [9.17, 15) is 0 Å². The van der Waals surface area contributed by atoms with Gasteiger partial charge < -0.3 is 4.74 Å². The summed E-state index contributed by atoms with van der Waals surface area (Å²) in [6.07, 6.45) is 9.79. The largest absolute Gasteiger partial charge is 0.497 e. The van der Waals surface area contributed by atoms with Gasteiger partial charge in [-0.3, -0.25) is 9.47 Å². The highest BCUT2D eigenvalue weighted by Gasteiger charge is 2.33. The average Bonchev–Trinajstić information content (AvgIpc) is 3.16.